The van der Waals surface area contributed by atoms with E-state index in [1.807, 2.05) is 48.5 Å². The molecule has 3 aromatic rings. The van der Waals surface area contributed by atoms with Gasteiger partial charge in [0.1, 0.15) is 10.6 Å². The maximum atomic E-state index is 12.6. The number of hydrogen-bond donors (Lipinski definition) is 0. The van der Waals surface area contributed by atoms with Gasteiger partial charge in [-0.1, -0.05) is 68.8 Å². The molecule has 0 unspecified atom stereocenters. The third kappa shape index (κ3) is 3.12. The van der Waals surface area contributed by atoms with Crippen molar-refractivity contribution < 1.29 is 9.53 Å². The molecule has 0 aliphatic heterocycles. The molecule has 4 heteroatoms. The van der Waals surface area contributed by atoms with E-state index in [0.717, 1.165) is 15.6 Å². The van der Waals surface area contributed by atoms with Crippen LogP contribution in [0.2, 0.25) is 5.02 Å². The molecule has 0 aliphatic carbocycles. The second-order valence-electron chi connectivity index (χ2n) is 6.38. The summed E-state index contributed by atoms with van der Waals surface area (Å²) in [5.74, 6) is 0.173. The van der Waals surface area contributed by atoms with Crippen LogP contribution in [0.25, 0.3) is 10.1 Å². The molecule has 118 valence electrons. The van der Waals surface area contributed by atoms with Crippen molar-refractivity contribution in [2.45, 2.75) is 26.2 Å². The van der Waals surface area contributed by atoms with Gasteiger partial charge in [-0.05, 0) is 17.5 Å². The summed E-state index contributed by atoms with van der Waals surface area (Å²) in [6.45, 7) is 6.27. The summed E-state index contributed by atoms with van der Waals surface area (Å²) >= 11 is 7.72. The first-order valence-corrected chi connectivity index (χ1v) is 8.56. The fourth-order valence-corrected chi connectivity index (χ4v) is 3.85. The Balaban J connectivity index is 1.97. The van der Waals surface area contributed by atoms with E-state index in [4.69, 9.17) is 16.3 Å². The Labute approximate surface area is 144 Å². The Bertz CT molecular complexity index is 874. The van der Waals surface area contributed by atoms with E-state index in [2.05, 4.69) is 20.8 Å². The molecule has 0 spiro atoms. The number of ether oxygens (including phenoxy) is 1. The zero-order valence-corrected chi connectivity index (χ0v) is 14.8. The Morgan fingerprint density at radius 3 is 2.39 bits per heavy atom. The molecule has 0 radical (unpaired) electrons. The molecular formula is C19H17ClO2S. The van der Waals surface area contributed by atoms with Gasteiger partial charge >= 0.3 is 5.97 Å². The minimum absolute atomic E-state index is 0.110. The van der Waals surface area contributed by atoms with Crippen LogP contribution in [-0.2, 0) is 5.41 Å². The number of para-hydroxylation sites is 1. The topological polar surface area (TPSA) is 26.3 Å². The largest absolute Gasteiger partial charge is 0.422 e. The van der Waals surface area contributed by atoms with Gasteiger partial charge in [0.2, 0.25) is 0 Å². The normalized spacial score (nSPS) is 11.7. The minimum Gasteiger partial charge on any atom is -0.422 e. The molecule has 0 N–H and O–H groups in total. The van der Waals surface area contributed by atoms with Crippen molar-refractivity contribution in [3.05, 3.63) is 64.0 Å². The zero-order chi connectivity index (χ0) is 16.6. The van der Waals surface area contributed by atoms with Crippen molar-refractivity contribution in [1.82, 2.24) is 0 Å². The lowest BCUT2D eigenvalue weighted by atomic mass is 9.86. The summed E-state index contributed by atoms with van der Waals surface area (Å²) in [4.78, 5) is 13.0. The Hall–Kier alpha value is -1.84. The average Bonchev–Trinajstić information content (AvgIpc) is 2.84. The fraction of sp³-hybridized carbons (Fsp3) is 0.211. The van der Waals surface area contributed by atoms with Crippen LogP contribution in [0.4, 0.5) is 0 Å². The first-order chi connectivity index (χ1) is 10.9. The fourth-order valence-electron chi connectivity index (χ4n) is 2.47. The van der Waals surface area contributed by atoms with Gasteiger partial charge in [0.15, 0.2) is 0 Å². The number of thiophene rings is 1. The highest BCUT2D eigenvalue weighted by Crippen LogP contribution is 2.37. The minimum atomic E-state index is -0.409. The van der Waals surface area contributed by atoms with Crippen molar-refractivity contribution in [3.8, 4) is 5.75 Å². The lowest BCUT2D eigenvalue weighted by molar-refractivity contribution is 0.0737. The number of carbonyl (C=O) groups excluding carboxylic acids is 1. The monoisotopic (exact) mass is 344 g/mol. The first kappa shape index (κ1) is 16.0. The van der Waals surface area contributed by atoms with Gasteiger partial charge in [0, 0.05) is 15.6 Å². The Morgan fingerprint density at radius 2 is 1.70 bits per heavy atom. The van der Waals surface area contributed by atoms with Crippen LogP contribution in [0.1, 0.15) is 36.0 Å². The molecule has 0 saturated heterocycles. The quantitative estimate of drug-likeness (QED) is 0.416. The molecule has 23 heavy (non-hydrogen) atoms. The molecule has 0 atom stereocenters. The van der Waals surface area contributed by atoms with E-state index < -0.39 is 5.97 Å². The number of rotatable bonds is 2. The van der Waals surface area contributed by atoms with Gasteiger partial charge < -0.3 is 4.74 Å². The molecule has 2 aromatic carbocycles. The highest BCUT2D eigenvalue weighted by atomic mass is 35.5. The number of carbonyl (C=O) groups is 1. The van der Waals surface area contributed by atoms with E-state index in [-0.39, 0.29) is 5.41 Å². The highest BCUT2D eigenvalue weighted by Gasteiger charge is 2.23. The van der Waals surface area contributed by atoms with Crippen LogP contribution in [0.15, 0.2) is 48.5 Å². The summed E-state index contributed by atoms with van der Waals surface area (Å²) in [5.41, 5.74) is 0.881. The molecule has 0 aliphatic rings. The van der Waals surface area contributed by atoms with Gasteiger partial charge in [-0.15, -0.1) is 11.3 Å². The standard InChI is InChI=1S/C19H17ClO2S/c1-19(2,3)13-9-5-6-10-14(13)22-18(21)17-16(20)12-8-4-7-11-15(12)23-17/h4-11H,1-3H3. The van der Waals surface area contributed by atoms with E-state index in [1.165, 1.54) is 11.3 Å². The summed E-state index contributed by atoms with van der Waals surface area (Å²) in [7, 11) is 0. The van der Waals surface area contributed by atoms with Crippen LogP contribution < -0.4 is 4.74 Å². The maximum Gasteiger partial charge on any atom is 0.355 e. The predicted molar refractivity (Wildman–Crippen MR) is 96.9 cm³/mol. The van der Waals surface area contributed by atoms with E-state index in [1.54, 1.807) is 0 Å². The van der Waals surface area contributed by atoms with Gasteiger partial charge in [-0.3, -0.25) is 0 Å². The van der Waals surface area contributed by atoms with Gasteiger partial charge in [0.05, 0.1) is 5.02 Å². The van der Waals surface area contributed by atoms with Crippen molar-refractivity contribution in [1.29, 1.82) is 0 Å². The van der Waals surface area contributed by atoms with Gasteiger partial charge in [-0.2, -0.15) is 0 Å². The number of esters is 1. The van der Waals surface area contributed by atoms with Crippen LogP contribution >= 0.6 is 22.9 Å². The molecular weight excluding hydrogens is 328 g/mol. The molecule has 2 nitrogen and oxygen atoms in total. The second-order valence-corrected chi connectivity index (χ2v) is 7.81. The van der Waals surface area contributed by atoms with Crippen molar-refractivity contribution in [3.63, 3.8) is 0 Å². The van der Waals surface area contributed by atoms with Crippen LogP contribution in [0.5, 0.6) is 5.75 Å². The summed E-state index contributed by atoms with van der Waals surface area (Å²) in [6, 6.07) is 15.3. The predicted octanol–water partition coefficient (Wildman–Crippen LogP) is 6.07. The van der Waals surface area contributed by atoms with E-state index in [0.29, 0.717) is 15.6 Å². The first-order valence-electron chi connectivity index (χ1n) is 7.36. The Morgan fingerprint density at radius 1 is 1.04 bits per heavy atom. The molecule has 1 heterocycles. The summed E-state index contributed by atoms with van der Waals surface area (Å²) in [5, 5.41) is 1.35. The number of halogens is 1. The second kappa shape index (κ2) is 5.99. The van der Waals surface area contributed by atoms with Gasteiger partial charge in [-0.25, -0.2) is 4.79 Å². The molecule has 0 saturated carbocycles. The summed E-state index contributed by atoms with van der Waals surface area (Å²) < 4.78 is 6.64. The van der Waals surface area contributed by atoms with Crippen molar-refractivity contribution in [2.75, 3.05) is 0 Å². The average molecular weight is 345 g/mol. The van der Waals surface area contributed by atoms with E-state index >= 15 is 0 Å². The van der Waals surface area contributed by atoms with Gasteiger partial charge in [0.25, 0.3) is 0 Å². The lowest BCUT2D eigenvalue weighted by Crippen LogP contribution is -2.16. The molecule has 3 rings (SSSR count). The van der Waals surface area contributed by atoms with Crippen molar-refractivity contribution in [2.24, 2.45) is 0 Å². The number of fused-ring (bicyclic) bond motifs is 1. The van der Waals surface area contributed by atoms with E-state index in [9.17, 15) is 4.79 Å². The van der Waals surface area contributed by atoms with Crippen LogP contribution in [0, 0.1) is 0 Å². The number of hydrogen-bond acceptors (Lipinski definition) is 3. The molecule has 0 amide bonds. The molecule has 1 aromatic heterocycles. The smallest absolute Gasteiger partial charge is 0.355 e. The highest BCUT2D eigenvalue weighted by molar-refractivity contribution is 7.21. The Kier molecular flexibility index (Phi) is 4.17. The molecule has 0 fully saturated rings. The third-order valence-electron chi connectivity index (χ3n) is 3.62. The maximum absolute atomic E-state index is 12.6. The lowest BCUT2D eigenvalue weighted by Gasteiger charge is -2.21. The molecule has 0 bridgehead atoms. The van der Waals surface area contributed by atoms with Crippen LogP contribution in [0.3, 0.4) is 0 Å². The summed E-state index contributed by atoms with van der Waals surface area (Å²) in [6.07, 6.45) is 0. The zero-order valence-electron chi connectivity index (χ0n) is 13.2. The SMILES string of the molecule is CC(C)(C)c1ccccc1OC(=O)c1sc2ccccc2c1Cl. The number of benzene rings is 2. The van der Waals surface area contributed by atoms with Crippen molar-refractivity contribution >= 4 is 39.0 Å². The van der Waals surface area contributed by atoms with Crippen LogP contribution in [-0.4, -0.2) is 5.97 Å². The third-order valence-corrected chi connectivity index (χ3v) is 5.27.